The van der Waals surface area contributed by atoms with Gasteiger partial charge in [-0.15, -0.1) is 11.6 Å². The minimum atomic E-state index is -0.414. The van der Waals surface area contributed by atoms with Crippen LogP contribution >= 0.6 is 34.8 Å². The zero-order chi connectivity index (χ0) is 14.5. The number of ether oxygens (including phenoxy) is 1. The predicted molar refractivity (Wildman–Crippen MR) is 81.6 cm³/mol. The Bertz CT molecular complexity index is 626. The Morgan fingerprint density at radius 2 is 1.90 bits per heavy atom. The van der Waals surface area contributed by atoms with Crippen LogP contribution in [0.25, 0.3) is 0 Å². The highest BCUT2D eigenvalue weighted by Crippen LogP contribution is 2.22. The molecule has 0 spiro atoms. The number of benzene rings is 2. The van der Waals surface area contributed by atoms with Gasteiger partial charge in [0.05, 0.1) is 5.56 Å². The molecule has 0 bridgehead atoms. The van der Waals surface area contributed by atoms with E-state index in [0.29, 0.717) is 27.1 Å². The number of carbonyl (C=O) groups excluding carboxylic acids is 1. The maximum atomic E-state index is 11.9. The van der Waals surface area contributed by atoms with Crippen LogP contribution in [0, 0.1) is 0 Å². The van der Waals surface area contributed by atoms with Crippen molar-refractivity contribution in [3.05, 3.63) is 69.2 Å². The lowest BCUT2D eigenvalue weighted by atomic mass is 10.1. The van der Waals surface area contributed by atoms with Crippen LogP contribution in [0.3, 0.4) is 0 Å². The van der Waals surface area contributed by atoms with Gasteiger partial charge in [-0.05, 0) is 29.8 Å². The molecular weight excluding hydrogens is 319 g/mol. The molecule has 0 aliphatic carbocycles. The molecule has 0 saturated heterocycles. The maximum absolute atomic E-state index is 11.9. The molecule has 2 aromatic rings. The fourth-order valence-corrected chi connectivity index (χ4v) is 2.28. The van der Waals surface area contributed by atoms with Gasteiger partial charge in [-0.25, -0.2) is 4.79 Å². The van der Waals surface area contributed by atoms with Crippen molar-refractivity contribution in [2.24, 2.45) is 0 Å². The van der Waals surface area contributed by atoms with Crippen molar-refractivity contribution in [3.8, 4) is 0 Å². The second-order valence-electron chi connectivity index (χ2n) is 4.15. The van der Waals surface area contributed by atoms with E-state index in [2.05, 4.69) is 0 Å². The molecule has 0 aliphatic heterocycles. The molecule has 2 nitrogen and oxygen atoms in total. The highest BCUT2D eigenvalue weighted by molar-refractivity contribution is 6.35. The molecule has 0 saturated carbocycles. The van der Waals surface area contributed by atoms with E-state index in [9.17, 15) is 4.79 Å². The van der Waals surface area contributed by atoms with Gasteiger partial charge in [0.25, 0.3) is 0 Å². The fraction of sp³-hybridized carbons (Fsp3) is 0.133. The number of halogens is 3. The first-order valence-electron chi connectivity index (χ1n) is 5.86. The molecule has 0 atom stereocenters. The summed E-state index contributed by atoms with van der Waals surface area (Å²) in [5.41, 5.74) is 2.04. The summed E-state index contributed by atoms with van der Waals surface area (Å²) in [5.74, 6) is -0.0626. The number of rotatable bonds is 4. The zero-order valence-electron chi connectivity index (χ0n) is 10.4. The van der Waals surface area contributed by atoms with Crippen LogP contribution in [-0.4, -0.2) is 5.97 Å². The molecule has 0 aliphatic rings. The summed E-state index contributed by atoms with van der Waals surface area (Å²) in [6.07, 6.45) is 0. The molecule has 20 heavy (non-hydrogen) atoms. The molecule has 0 fully saturated rings. The Morgan fingerprint density at radius 1 is 1.10 bits per heavy atom. The van der Waals surface area contributed by atoms with Gasteiger partial charge in [0.15, 0.2) is 0 Å². The van der Waals surface area contributed by atoms with E-state index in [0.717, 1.165) is 5.56 Å². The summed E-state index contributed by atoms with van der Waals surface area (Å²) < 4.78 is 5.22. The Kier molecular flexibility index (Phi) is 5.30. The van der Waals surface area contributed by atoms with E-state index in [4.69, 9.17) is 39.5 Å². The molecule has 0 aromatic heterocycles. The van der Waals surface area contributed by atoms with Gasteiger partial charge in [-0.3, -0.25) is 0 Å². The van der Waals surface area contributed by atoms with Gasteiger partial charge in [-0.1, -0.05) is 41.4 Å². The highest BCUT2D eigenvalue weighted by Gasteiger charge is 2.09. The van der Waals surface area contributed by atoms with Gasteiger partial charge < -0.3 is 4.74 Å². The largest absolute Gasteiger partial charge is 0.457 e. The molecular formula is C15H11Cl3O2. The molecule has 0 unspecified atom stereocenters. The predicted octanol–water partition coefficient (Wildman–Crippen LogP) is 5.09. The van der Waals surface area contributed by atoms with Crippen LogP contribution < -0.4 is 0 Å². The van der Waals surface area contributed by atoms with E-state index in [1.54, 1.807) is 36.4 Å². The van der Waals surface area contributed by atoms with Crippen molar-refractivity contribution in [1.29, 1.82) is 0 Å². The molecule has 0 heterocycles. The van der Waals surface area contributed by atoms with Crippen LogP contribution in [0.5, 0.6) is 0 Å². The maximum Gasteiger partial charge on any atom is 0.338 e. The summed E-state index contributed by atoms with van der Waals surface area (Å²) in [6, 6.07) is 12.0. The van der Waals surface area contributed by atoms with Crippen LogP contribution in [0.2, 0.25) is 10.0 Å². The van der Waals surface area contributed by atoms with E-state index in [1.807, 2.05) is 6.07 Å². The van der Waals surface area contributed by atoms with Crippen LogP contribution in [-0.2, 0) is 17.2 Å². The summed E-state index contributed by atoms with van der Waals surface area (Å²) >= 11 is 17.5. The van der Waals surface area contributed by atoms with Gasteiger partial charge in [0, 0.05) is 21.5 Å². The van der Waals surface area contributed by atoms with Crippen molar-refractivity contribution in [2.45, 2.75) is 12.5 Å². The van der Waals surface area contributed by atoms with Crippen molar-refractivity contribution >= 4 is 40.8 Å². The number of alkyl halides is 1. The van der Waals surface area contributed by atoms with Crippen molar-refractivity contribution in [1.82, 2.24) is 0 Å². The van der Waals surface area contributed by atoms with Crippen LogP contribution in [0.4, 0.5) is 0 Å². The smallest absolute Gasteiger partial charge is 0.338 e. The van der Waals surface area contributed by atoms with Gasteiger partial charge in [0.1, 0.15) is 6.61 Å². The first kappa shape index (κ1) is 15.2. The average Bonchev–Trinajstić information content (AvgIpc) is 2.46. The topological polar surface area (TPSA) is 26.3 Å². The van der Waals surface area contributed by atoms with Gasteiger partial charge in [0.2, 0.25) is 0 Å². The second-order valence-corrected chi connectivity index (χ2v) is 5.26. The zero-order valence-corrected chi connectivity index (χ0v) is 12.7. The normalized spacial score (nSPS) is 10.3. The third-order valence-electron chi connectivity index (χ3n) is 2.69. The monoisotopic (exact) mass is 328 g/mol. The standard InChI is InChI=1S/C15H11Cl3O2/c16-8-10-2-1-3-11(6-10)15(19)20-9-12-4-5-13(17)7-14(12)18/h1-7H,8-9H2. The van der Waals surface area contributed by atoms with Crippen molar-refractivity contribution < 1.29 is 9.53 Å². The first-order valence-corrected chi connectivity index (χ1v) is 7.15. The Labute approximate surface area is 132 Å². The van der Waals surface area contributed by atoms with Crippen LogP contribution in [0.15, 0.2) is 42.5 Å². The van der Waals surface area contributed by atoms with E-state index < -0.39 is 5.97 Å². The third-order valence-corrected chi connectivity index (χ3v) is 3.59. The lowest BCUT2D eigenvalue weighted by molar-refractivity contribution is 0.0473. The quantitative estimate of drug-likeness (QED) is 0.577. The number of esters is 1. The summed E-state index contributed by atoms with van der Waals surface area (Å²) in [4.78, 5) is 11.9. The lowest BCUT2D eigenvalue weighted by Gasteiger charge is -2.07. The number of hydrogen-bond donors (Lipinski definition) is 0. The summed E-state index contributed by atoms with van der Waals surface area (Å²) in [5, 5.41) is 1.01. The summed E-state index contributed by atoms with van der Waals surface area (Å²) in [6.45, 7) is 0.0972. The van der Waals surface area contributed by atoms with Crippen molar-refractivity contribution in [2.75, 3.05) is 0 Å². The van der Waals surface area contributed by atoms with E-state index in [-0.39, 0.29) is 6.61 Å². The Hall–Kier alpha value is -1.22. The molecule has 0 radical (unpaired) electrons. The van der Waals surface area contributed by atoms with Gasteiger partial charge in [-0.2, -0.15) is 0 Å². The Balaban J connectivity index is 2.04. The molecule has 0 N–H and O–H groups in total. The second kappa shape index (κ2) is 6.98. The fourth-order valence-electron chi connectivity index (χ4n) is 1.65. The first-order chi connectivity index (χ1) is 9.60. The Morgan fingerprint density at radius 3 is 2.60 bits per heavy atom. The highest BCUT2D eigenvalue weighted by atomic mass is 35.5. The molecule has 2 rings (SSSR count). The summed E-state index contributed by atoms with van der Waals surface area (Å²) in [7, 11) is 0. The van der Waals surface area contributed by atoms with Crippen molar-refractivity contribution in [3.63, 3.8) is 0 Å². The van der Waals surface area contributed by atoms with E-state index in [1.165, 1.54) is 0 Å². The van der Waals surface area contributed by atoms with Crippen LogP contribution in [0.1, 0.15) is 21.5 Å². The van der Waals surface area contributed by atoms with Gasteiger partial charge >= 0.3 is 5.97 Å². The molecule has 5 heteroatoms. The molecule has 104 valence electrons. The lowest BCUT2D eigenvalue weighted by Crippen LogP contribution is -2.05. The molecule has 2 aromatic carbocycles. The number of hydrogen-bond acceptors (Lipinski definition) is 2. The molecule has 0 amide bonds. The van der Waals surface area contributed by atoms with E-state index >= 15 is 0 Å². The minimum absolute atomic E-state index is 0.0972. The SMILES string of the molecule is O=C(OCc1ccc(Cl)cc1Cl)c1cccc(CCl)c1. The average molecular weight is 330 g/mol. The third kappa shape index (κ3) is 3.89. The number of carbonyl (C=O) groups is 1. The minimum Gasteiger partial charge on any atom is -0.457 e.